The second-order valence-corrected chi connectivity index (χ2v) is 7.91. The van der Waals surface area contributed by atoms with Crippen LogP contribution in [0, 0.1) is 0 Å². The zero-order valence-electron chi connectivity index (χ0n) is 18.5. The van der Waals surface area contributed by atoms with Crippen molar-refractivity contribution >= 4 is 22.8 Å². The van der Waals surface area contributed by atoms with Crippen LogP contribution in [0.5, 0.6) is 17.2 Å². The maximum atomic E-state index is 12.6. The molecule has 8 heteroatoms. The van der Waals surface area contributed by atoms with Crippen LogP contribution in [0.2, 0.25) is 0 Å². The highest BCUT2D eigenvalue weighted by atomic mass is 16.5. The first-order chi connectivity index (χ1) is 16.0. The minimum Gasteiger partial charge on any atom is -0.493 e. The van der Waals surface area contributed by atoms with Gasteiger partial charge in [0.1, 0.15) is 16.9 Å². The van der Waals surface area contributed by atoms with Gasteiger partial charge in [0.2, 0.25) is 0 Å². The molecule has 172 valence electrons. The quantitative estimate of drug-likeness (QED) is 0.342. The van der Waals surface area contributed by atoms with Gasteiger partial charge < -0.3 is 23.9 Å². The summed E-state index contributed by atoms with van der Waals surface area (Å²) in [6, 6.07) is 10.9. The number of carbonyl (C=O) groups is 2. The summed E-state index contributed by atoms with van der Waals surface area (Å²) in [6.07, 6.45) is 5.15. The SMILES string of the molecule is COc1ccc(C(=O)Oc2ccc3cc(C(=O)NC4CCCCC4)c(=O)oc3c2)cc1OC. The number of fused-ring (bicyclic) bond motifs is 1. The smallest absolute Gasteiger partial charge is 0.349 e. The maximum absolute atomic E-state index is 12.6. The number of hydrogen-bond donors (Lipinski definition) is 1. The van der Waals surface area contributed by atoms with Crippen molar-refractivity contribution in [3.05, 3.63) is 64.0 Å². The third kappa shape index (κ3) is 5.00. The van der Waals surface area contributed by atoms with Crippen LogP contribution in [-0.4, -0.2) is 32.1 Å². The van der Waals surface area contributed by atoms with Gasteiger partial charge in [-0.25, -0.2) is 9.59 Å². The van der Waals surface area contributed by atoms with Gasteiger partial charge in [-0.05, 0) is 49.2 Å². The molecule has 33 heavy (non-hydrogen) atoms. The van der Waals surface area contributed by atoms with Gasteiger partial charge in [0.25, 0.3) is 5.91 Å². The number of rotatable bonds is 6. The Morgan fingerprint density at radius 3 is 2.42 bits per heavy atom. The Labute approximate surface area is 190 Å². The minimum absolute atomic E-state index is 0.0388. The number of benzene rings is 2. The van der Waals surface area contributed by atoms with E-state index in [0.29, 0.717) is 16.9 Å². The summed E-state index contributed by atoms with van der Waals surface area (Å²) in [5.74, 6) is 0.0489. The molecule has 0 radical (unpaired) electrons. The van der Waals surface area contributed by atoms with Crippen molar-refractivity contribution < 1.29 is 28.2 Å². The standard InChI is InChI=1S/C25H25NO7/c1-30-20-11-9-16(13-22(20)31-2)24(28)32-18-10-8-15-12-19(25(29)33-21(15)14-18)23(27)26-17-6-4-3-5-7-17/h8-14,17H,3-7H2,1-2H3,(H,26,27). The third-order valence-electron chi connectivity index (χ3n) is 5.72. The minimum atomic E-state index is -0.737. The number of esters is 1. The average molecular weight is 451 g/mol. The van der Waals surface area contributed by atoms with Gasteiger partial charge in [0, 0.05) is 17.5 Å². The summed E-state index contributed by atoms with van der Waals surface area (Å²) >= 11 is 0. The lowest BCUT2D eigenvalue weighted by Crippen LogP contribution is -2.38. The molecule has 1 aliphatic carbocycles. The van der Waals surface area contributed by atoms with Gasteiger partial charge in [-0.15, -0.1) is 0 Å². The van der Waals surface area contributed by atoms with Crippen molar-refractivity contribution in [2.75, 3.05) is 14.2 Å². The average Bonchev–Trinajstić information content (AvgIpc) is 2.83. The molecule has 8 nitrogen and oxygen atoms in total. The predicted molar refractivity (Wildman–Crippen MR) is 121 cm³/mol. The van der Waals surface area contributed by atoms with Crippen molar-refractivity contribution in [1.82, 2.24) is 5.32 Å². The zero-order chi connectivity index (χ0) is 23.4. The summed E-state index contributed by atoms with van der Waals surface area (Å²) in [6.45, 7) is 0. The second-order valence-electron chi connectivity index (χ2n) is 7.91. The van der Waals surface area contributed by atoms with Gasteiger partial charge in [-0.2, -0.15) is 0 Å². The highest BCUT2D eigenvalue weighted by molar-refractivity contribution is 5.97. The van der Waals surface area contributed by atoms with E-state index >= 15 is 0 Å². The Hall–Kier alpha value is -3.81. The fourth-order valence-electron chi connectivity index (χ4n) is 3.95. The van der Waals surface area contributed by atoms with Gasteiger partial charge in [0.15, 0.2) is 11.5 Å². The predicted octanol–water partition coefficient (Wildman–Crippen LogP) is 4.09. The lowest BCUT2D eigenvalue weighted by molar-refractivity contribution is 0.0734. The first kappa shape index (κ1) is 22.4. The molecule has 1 N–H and O–H groups in total. The first-order valence-corrected chi connectivity index (χ1v) is 10.8. The normalized spacial score (nSPS) is 14.0. The Morgan fingerprint density at radius 2 is 1.70 bits per heavy atom. The van der Waals surface area contributed by atoms with Gasteiger partial charge in [-0.3, -0.25) is 4.79 Å². The molecule has 0 unspecified atom stereocenters. The molecule has 0 aliphatic heterocycles. The van der Waals surface area contributed by atoms with Crippen LogP contribution >= 0.6 is 0 Å². The summed E-state index contributed by atoms with van der Waals surface area (Å²) < 4.78 is 21.2. The topological polar surface area (TPSA) is 104 Å². The lowest BCUT2D eigenvalue weighted by Gasteiger charge is -2.22. The Kier molecular flexibility index (Phi) is 6.63. The molecule has 1 saturated carbocycles. The van der Waals surface area contributed by atoms with Gasteiger partial charge >= 0.3 is 11.6 Å². The molecule has 0 atom stereocenters. The van der Waals surface area contributed by atoms with Crippen LogP contribution in [0.25, 0.3) is 11.0 Å². The van der Waals surface area contributed by atoms with E-state index in [2.05, 4.69) is 5.32 Å². The van der Waals surface area contributed by atoms with Crippen LogP contribution in [0.1, 0.15) is 52.8 Å². The molecule has 1 fully saturated rings. The van der Waals surface area contributed by atoms with Crippen LogP contribution in [0.4, 0.5) is 0 Å². The number of hydrogen-bond acceptors (Lipinski definition) is 7. The molecule has 0 spiro atoms. The van der Waals surface area contributed by atoms with Crippen LogP contribution < -0.4 is 25.2 Å². The molecule has 3 aromatic rings. The van der Waals surface area contributed by atoms with E-state index in [1.807, 2.05) is 0 Å². The van der Waals surface area contributed by atoms with Crippen molar-refractivity contribution in [2.45, 2.75) is 38.1 Å². The molecule has 1 heterocycles. The molecule has 2 aromatic carbocycles. The number of carbonyl (C=O) groups excluding carboxylic acids is 2. The van der Waals surface area contributed by atoms with Crippen molar-refractivity contribution in [3.8, 4) is 17.2 Å². The Bertz CT molecular complexity index is 1240. The number of methoxy groups -OCH3 is 2. The number of ether oxygens (including phenoxy) is 3. The van der Waals surface area contributed by atoms with E-state index < -0.39 is 17.5 Å². The number of amides is 1. The lowest BCUT2D eigenvalue weighted by atomic mass is 9.95. The molecule has 0 saturated heterocycles. The monoisotopic (exact) mass is 451 g/mol. The van der Waals surface area contributed by atoms with Crippen LogP contribution in [-0.2, 0) is 0 Å². The van der Waals surface area contributed by atoms with Crippen molar-refractivity contribution in [2.24, 2.45) is 0 Å². The van der Waals surface area contributed by atoms with Crippen LogP contribution in [0.3, 0.4) is 0 Å². The Morgan fingerprint density at radius 1 is 0.939 bits per heavy atom. The molecular formula is C25H25NO7. The van der Waals surface area contributed by atoms with E-state index in [4.69, 9.17) is 18.6 Å². The van der Waals surface area contributed by atoms with E-state index in [-0.39, 0.29) is 28.5 Å². The third-order valence-corrected chi connectivity index (χ3v) is 5.72. The maximum Gasteiger partial charge on any atom is 0.349 e. The van der Waals surface area contributed by atoms with Gasteiger partial charge in [-0.1, -0.05) is 19.3 Å². The van der Waals surface area contributed by atoms with Crippen LogP contribution in [0.15, 0.2) is 51.7 Å². The van der Waals surface area contributed by atoms with E-state index in [9.17, 15) is 14.4 Å². The number of nitrogens with one attached hydrogen (secondary N) is 1. The molecule has 0 bridgehead atoms. The van der Waals surface area contributed by atoms with Gasteiger partial charge in [0.05, 0.1) is 19.8 Å². The van der Waals surface area contributed by atoms with E-state index in [1.165, 1.54) is 38.8 Å². The fraction of sp³-hybridized carbons (Fsp3) is 0.320. The summed E-state index contributed by atoms with van der Waals surface area (Å²) in [7, 11) is 2.98. The fourth-order valence-corrected chi connectivity index (χ4v) is 3.95. The molecule has 1 aliphatic rings. The summed E-state index contributed by atoms with van der Waals surface area (Å²) in [5, 5.41) is 3.48. The highest BCUT2D eigenvalue weighted by Gasteiger charge is 2.20. The first-order valence-electron chi connectivity index (χ1n) is 10.8. The molecular weight excluding hydrogens is 426 g/mol. The summed E-state index contributed by atoms with van der Waals surface area (Å²) in [5.41, 5.74) is -0.293. The summed E-state index contributed by atoms with van der Waals surface area (Å²) in [4.78, 5) is 37.6. The zero-order valence-corrected chi connectivity index (χ0v) is 18.5. The molecule has 1 aromatic heterocycles. The highest BCUT2D eigenvalue weighted by Crippen LogP contribution is 2.28. The molecule has 1 amide bonds. The van der Waals surface area contributed by atoms with Crippen molar-refractivity contribution in [3.63, 3.8) is 0 Å². The van der Waals surface area contributed by atoms with E-state index in [1.54, 1.807) is 24.3 Å². The van der Waals surface area contributed by atoms with Crippen molar-refractivity contribution in [1.29, 1.82) is 0 Å². The van der Waals surface area contributed by atoms with E-state index in [0.717, 1.165) is 25.7 Å². The second kappa shape index (κ2) is 9.77. The molecule has 4 rings (SSSR count). The largest absolute Gasteiger partial charge is 0.493 e. The Balaban J connectivity index is 1.52.